The molecule has 150 valence electrons. The molecule has 0 radical (unpaired) electrons. The normalized spacial score (nSPS) is 10.4. The Morgan fingerprint density at radius 1 is 0.966 bits per heavy atom. The van der Waals surface area contributed by atoms with Crippen LogP contribution in [0.2, 0.25) is 0 Å². The molecule has 9 heteroatoms. The summed E-state index contributed by atoms with van der Waals surface area (Å²) in [6.07, 6.45) is 1.65. The molecule has 3 rings (SSSR count). The van der Waals surface area contributed by atoms with Gasteiger partial charge in [-0.25, -0.2) is 0 Å². The summed E-state index contributed by atoms with van der Waals surface area (Å²) in [5.41, 5.74) is 7.84. The van der Waals surface area contributed by atoms with Gasteiger partial charge in [-0.3, -0.25) is 20.4 Å². The Morgan fingerprint density at radius 3 is 2.00 bits per heavy atom. The Morgan fingerprint density at radius 2 is 1.52 bits per heavy atom. The number of hydrazine groups is 1. The van der Waals surface area contributed by atoms with Crippen molar-refractivity contribution in [2.75, 3.05) is 19.0 Å². The fraction of sp³-hybridized carbons (Fsp3) is 0.200. The van der Waals surface area contributed by atoms with Crippen LogP contribution >= 0.6 is 11.8 Å². The molecule has 2 N–H and O–H groups in total. The number of nitrogens with one attached hydrogen (secondary N) is 2. The molecule has 29 heavy (non-hydrogen) atoms. The summed E-state index contributed by atoms with van der Waals surface area (Å²) in [5, 5.41) is 8.69. The van der Waals surface area contributed by atoms with Crippen molar-refractivity contribution in [1.82, 2.24) is 25.6 Å². The van der Waals surface area contributed by atoms with E-state index in [1.807, 2.05) is 54.9 Å². The number of aryl methyl sites for hydroxylation is 1. The molecular formula is C20H22N6O2S. The minimum Gasteiger partial charge on any atom is -0.378 e. The molecule has 0 spiro atoms. The third-order valence-corrected chi connectivity index (χ3v) is 5.29. The van der Waals surface area contributed by atoms with E-state index < -0.39 is 0 Å². The Labute approximate surface area is 173 Å². The molecule has 3 aromatic rings. The van der Waals surface area contributed by atoms with E-state index in [0.717, 1.165) is 16.4 Å². The fourth-order valence-corrected chi connectivity index (χ4v) is 3.32. The highest BCUT2D eigenvalue weighted by molar-refractivity contribution is 7.98. The number of hydrogen-bond acceptors (Lipinski definition) is 6. The van der Waals surface area contributed by atoms with Crippen molar-refractivity contribution in [1.29, 1.82) is 0 Å². The maximum atomic E-state index is 12.3. The van der Waals surface area contributed by atoms with Crippen LogP contribution in [0.25, 0.3) is 0 Å². The van der Waals surface area contributed by atoms with Crippen molar-refractivity contribution in [2.24, 2.45) is 7.05 Å². The number of carbonyl (C=O) groups is 2. The highest BCUT2D eigenvalue weighted by Crippen LogP contribution is 2.20. The number of nitrogens with zero attached hydrogens (tertiary/aromatic N) is 4. The average molecular weight is 411 g/mol. The summed E-state index contributed by atoms with van der Waals surface area (Å²) in [4.78, 5) is 26.4. The van der Waals surface area contributed by atoms with E-state index in [1.54, 1.807) is 42.4 Å². The standard InChI is InChI=1S/C20H22N6O2S/c1-25(2)17-10-8-16(9-11-17)19(28)23-22-18(27)15-6-4-14(5-7-15)12-29-20-24-21-13-26(20)3/h4-11,13H,12H2,1-3H3,(H,22,27)(H,23,28). The molecule has 0 fully saturated rings. The molecule has 0 unspecified atom stereocenters. The van der Waals surface area contributed by atoms with Crippen molar-refractivity contribution >= 4 is 29.3 Å². The molecule has 0 aliphatic carbocycles. The van der Waals surface area contributed by atoms with Crippen LogP contribution in [0, 0.1) is 0 Å². The number of hydrogen-bond donors (Lipinski definition) is 2. The van der Waals surface area contributed by atoms with Crippen LogP contribution in [0.15, 0.2) is 60.0 Å². The lowest BCUT2D eigenvalue weighted by atomic mass is 10.1. The quantitative estimate of drug-likeness (QED) is 0.478. The van der Waals surface area contributed by atoms with Crippen molar-refractivity contribution in [3.05, 3.63) is 71.5 Å². The third-order valence-electron chi connectivity index (χ3n) is 4.19. The van der Waals surface area contributed by atoms with E-state index in [1.165, 1.54) is 0 Å². The maximum absolute atomic E-state index is 12.3. The molecular weight excluding hydrogens is 388 g/mol. The van der Waals surface area contributed by atoms with Crippen molar-refractivity contribution in [2.45, 2.75) is 10.9 Å². The van der Waals surface area contributed by atoms with Gasteiger partial charge in [-0.05, 0) is 42.0 Å². The highest BCUT2D eigenvalue weighted by Gasteiger charge is 2.10. The van der Waals surface area contributed by atoms with Gasteiger partial charge in [-0.1, -0.05) is 23.9 Å². The summed E-state index contributed by atoms with van der Waals surface area (Å²) in [7, 11) is 5.74. The van der Waals surface area contributed by atoms with Gasteiger partial charge in [0.2, 0.25) is 0 Å². The Bertz CT molecular complexity index is 983. The summed E-state index contributed by atoms with van der Waals surface area (Å²) in [5.74, 6) is -0.0372. The Balaban J connectivity index is 1.51. The smallest absolute Gasteiger partial charge is 0.269 e. The lowest BCUT2D eigenvalue weighted by Crippen LogP contribution is -2.41. The molecule has 1 heterocycles. The number of carbonyl (C=O) groups excluding carboxylic acids is 2. The van der Waals surface area contributed by atoms with E-state index in [4.69, 9.17) is 0 Å². The molecule has 2 amide bonds. The number of rotatable bonds is 6. The molecule has 0 saturated carbocycles. The number of anilines is 1. The first-order valence-electron chi connectivity index (χ1n) is 8.88. The SMILES string of the molecule is CN(C)c1ccc(C(=O)NNC(=O)c2ccc(CSc3nncn3C)cc2)cc1. The predicted molar refractivity (Wildman–Crippen MR) is 113 cm³/mol. The van der Waals surface area contributed by atoms with Crippen LogP contribution in [-0.2, 0) is 12.8 Å². The van der Waals surface area contributed by atoms with Crippen LogP contribution in [0.4, 0.5) is 5.69 Å². The topological polar surface area (TPSA) is 92.2 Å². The van der Waals surface area contributed by atoms with Crippen molar-refractivity contribution in [3.8, 4) is 0 Å². The molecule has 0 bridgehead atoms. The molecule has 8 nitrogen and oxygen atoms in total. The van der Waals surface area contributed by atoms with Gasteiger partial charge in [0.1, 0.15) is 6.33 Å². The third kappa shape index (κ3) is 5.35. The van der Waals surface area contributed by atoms with E-state index in [0.29, 0.717) is 16.9 Å². The zero-order chi connectivity index (χ0) is 20.8. The number of aromatic nitrogens is 3. The van der Waals surface area contributed by atoms with Gasteiger partial charge in [-0.15, -0.1) is 10.2 Å². The minimum atomic E-state index is -0.379. The van der Waals surface area contributed by atoms with E-state index in [9.17, 15) is 9.59 Å². The molecule has 2 aromatic carbocycles. The lowest BCUT2D eigenvalue weighted by Gasteiger charge is -2.13. The zero-order valence-electron chi connectivity index (χ0n) is 16.4. The first-order chi connectivity index (χ1) is 13.9. The molecule has 0 saturated heterocycles. The van der Waals surface area contributed by atoms with Gasteiger partial charge in [0.25, 0.3) is 11.8 Å². The number of benzene rings is 2. The van der Waals surface area contributed by atoms with E-state index in [2.05, 4.69) is 21.0 Å². The van der Waals surface area contributed by atoms with Gasteiger partial charge in [0.15, 0.2) is 5.16 Å². The average Bonchev–Trinajstić information content (AvgIpc) is 3.15. The van der Waals surface area contributed by atoms with Gasteiger partial charge in [-0.2, -0.15) is 0 Å². The van der Waals surface area contributed by atoms with Gasteiger partial charge in [0, 0.05) is 43.7 Å². The second-order valence-electron chi connectivity index (χ2n) is 6.56. The van der Waals surface area contributed by atoms with E-state index in [-0.39, 0.29) is 11.8 Å². The van der Waals surface area contributed by atoms with Crippen molar-refractivity contribution < 1.29 is 9.59 Å². The van der Waals surface area contributed by atoms with Crippen LogP contribution in [0.3, 0.4) is 0 Å². The Kier molecular flexibility index (Phi) is 6.50. The van der Waals surface area contributed by atoms with Crippen LogP contribution < -0.4 is 15.8 Å². The summed E-state index contributed by atoms with van der Waals surface area (Å²) < 4.78 is 1.85. The lowest BCUT2D eigenvalue weighted by molar-refractivity contribution is 0.0846. The Hall–Kier alpha value is -3.33. The van der Waals surface area contributed by atoms with Crippen LogP contribution in [0.1, 0.15) is 26.3 Å². The monoisotopic (exact) mass is 410 g/mol. The first-order valence-corrected chi connectivity index (χ1v) is 9.86. The minimum absolute atomic E-state index is 0.375. The zero-order valence-corrected chi connectivity index (χ0v) is 17.2. The van der Waals surface area contributed by atoms with Gasteiger partial charge in [0.05, 0.1) is 0 Å². The molecule has 0 aliphatic rings. The highest BCUT2D eigenvalue weighted by atomic mass is 32.2. The molecule has 0 atom stereocenters. The van der Waals surface area contributed by atoms with Crippen LogP contribution in [0.5, 0.6) is 0 Å². The number of thioether (sulfide) groups is 1. The second-order valence-corrected chi connectivity index (χ2v) is 7.50. The van der Waals surface area contributed by atoms with E-state index >= 15 is 0 Å². The second kappa shape index (κ2) is 9.24. The maximum Gasteiger partial charge on any atom is 0.269 e. The summed E-state index contributed by atoms with van der Waals surface area (Å²) in [6, 6.07) is 14.3. The summed E-state index contributed by atoms with van der Waals surface area (Å²) >= 11 is 1.56. The van der Waals surface area contributed by atoms with Crippen LogP contribution in [-0.4, -0.2) is 40.7 Å². The summed E-state index contributed by atoms with van der Waals surface area (Å²) in [6.45, 7) is 0. The first kappa shape index (κ1) is 20.4. The largest absolute Gasteiger partial charge is 0.378 e. The fourth-order valence-electron chi connectivity index (χ4n) is 2.47. The van der Waals surface area contributed by atoms with Gasteiger partial charge < -0.3 is 9.47 Å². The predicted octanol–water partition coefficient (Wildman–Crippen LogP) is 2.25. The van der Waals surface area contributed by atoms with Gasteiger partial charge >= 0.3 is 0 Å². The number of amides is 2. The molecule has 1 aromatic heterocycles. The van der Waals surface area contributed by atoms with Crippen molar-refractivity contribution in [3.63, 3.8) is 0 Å². The molecule has 0 aliphatic heterocycles.